The summed E-state index contributed by atoms with van der Waals surface area (Å²) in [5.41, 5.74) is 3.04. The molecule has 6 heteroatoms. The van der Waals surface area contributed by atoms with Gasteiger partial charge >= 0.3 is 5.97 Å². The van der Waals surface area contributed by atoms with Crippen LogP contribution in [-0.4, -0.2) is 41.2 Å². The van der Waals surface area contributed by atoms with Crippen molar-refractivity contribution < 1.29 is 19.0 Å². The lowest BCUT2D eigenvalue weighted by Gasteiger charge is -2.38. The van der Waals surface area contributed by atoms with Crippen LogP contribution >= 0.6 is 0 Å². The van der Waals surface area contributed by atoms with Gasteiger partial charge in [-0.3, -0.25) is 0 Å². The fourth-order valence-electron chi connectivity index (χ4n) is 4.25. The molecule has 1 N–H and O–H groups in total. The predicted octanol–water partition coefficient (Wildman–Crippen LogP) is 4.05. The maximum Gasteiger partial charge on any atom is 0.338 e. The second-order valence-electron chi connectivity index (χ2n) is 8.28. The van der Waals surface area contributed by atoms with Crippen LogP contribution in [0, 0.1) is 12.4 Å². The minimum atomic E-state index is -0.714. The first-order chi connectivity index (χ1) is 14.5. The van der Waals surface area contributed by atoms with E-state index in [0.29, 0.717) is 37.9 Å². The number of hydrogen-bond acceptors (Lipinski definition) is 4. The highest BCUT2D eigenvalue weighted by Gasteiger charge is 2.31. The number of piperidine rings is 1. The number of ether oxygens (including phenoxy) is 1. The van der Waals surface area contributed by atoms with Crippen LogP contribution in [0.15, 0.2) is 36.4 Å². The molecule has 2 heterocycles. The molecule has 0 aromatic heterocycles. The van der Waals surface area contributed by atoms with Crippen LogP contribution in [0.25, 0.3) is 4.85 Å². The fraction of sp³-hybridized carbons (Fsp3) is 0.417. The fourth-order valence-corrected chi connectivity index (χ4v) is 4.25. The summed E-state index contributed by atoms with van der Waals surface area (Å²) in [6, 6.07) is 10.5. The van der Waals surface area contributed by atoms with Crippen molar-refractivity contribution in [3.05, 3.63) is 75.9 Å². The highest BCUT2D eigenvalue weighted by Crippen LogP contribution is 2.29. The summed E-state index contributed by atoms with van der Waals surface area (Å²) in [4.78, 5) is 17.1. The minimum Gasteiger partial charge on any atom is -0.457 e. The van der Waals surface area contributed by atoms with Crippen LogP contribution < -0.4 is 0 Å². The van der Waals surface area contributed by atoms with E-state index >= 15 is 0 Å². The van der Waals surface area contributed by atoms with Gasteiger partial charge in [-0.2, -0.15) is 0 Å². The van der Waals surface area contributed by atoms with E-state index in [1.165, 1.54) is 11.6 Å². The predicted molar refractivity (Wildman–Crippen MR) is 111 cm³/mol. The quantitative estimate of drug-likeness (QED) is 0.579. The van der Waals surface area contributed by atoms with Gasteiger partial charge in [0.2, 0.25) is 5.69 Å². The van der Waals surface area contributed by atoms with Gasteiger partial charge in [0, 0.05) is 25.2 Å². The number of carbonyl (C=O) groups excluding carboxylic acids is 1. The molecule has 156 valence electrons. The van der Waals surface area contributed by atoms with Gasteiger partial charge in [0.05, 0.1) is 17.7 Å². The van der Waals surface area contributed by atoms with Crippen LogP contribution in [0.2, 0.25) is 0 Å². The van der Waals surface area contributed by atoms with E-state index in [0.717, 1.165) is 37.2 Å². The molecule has 0 bridgehead atoms. The molecule has 0 radical (unpaired) electrons. The Bertz CT molecular complexity index is 990. The number of halogens is 1. The summed E-state index contributed by atoms with van der Waals surface area (Å²) < 4.78 is 18.5. The molecule has 30 heavy (non-hydrogen) atoms. The third-order valence-corrected chi connectivity index (χ3v) is 6.26. The molecule has 0 atom stereocenters. The Morgan fingerprint density at radius 1 is 1.13 bits per heavy atom. The normalized spacial score (nSPS) is 18.0. The highest BCUT2D eigenvalue weighted by molar-refractivity contribution is 5.93. The number of hydrogen-bond donors (Lipinski definition) is 1. The van der Waals surface area contributed by atoms with E-state index in [2.05, 4.69) is 15.8 Å². The summed E-state index contributed by atoms with van der Waals surface area (Å²) >= 11 is 0. The van der Waals surface area contributed by atoms with Gasteiger partial charge in [0.25, 0.3) is 0 Å². The summed E-state index contributed by atoms with van der Waals surface area (Å²) in [6.07, 6.45) is 3.56. The Balaban J connectivity index is 1.25. The van der Waals surface area contributed by atoms with Crippen LogP contribution in [0.5, 0.6) is 0 Å². The number of likely N-dealkylation sites (tertiary alicyclic amines) is 1. The topological polar surface area (TPSA) is 54.1 Å². The monoisotopic (exact) mass is 408 g/mol. The number of carbonyl (C=O) groups is 1. The number of benzene rings is 2. The average molecular weight is 408 g/mol. The van der Waals surface area contributed by atoms with E-state index in [9.17, 15) is 14.3 Å². The van der Waals surface area contributed by atoms with Crippen molar-refractivity contribution in [3.63, 3.8) is 0 Å². The number of fused-ring (bicyclic) bond motifs is 1. The highest BCUT2D eigenvalue weighted by atomic mass is 19.1. The second kappa shape index (κ2) is 8.55. The van der Waals surface area contributed by atoms with Gasteiger partial charge < -0.3 is 14.7 Å². The molecule has 0 saturated carbocycles. The molecule has 5 nitrogen and oxygen atoms in total. The van der Waals surface area contributed by atoms with Crippen LogP contribution in [0.3, 0.4) is 0 Å². The molecular weight excluding hydrogens is 383 g/mol. The number of aryl methyl sites for hydroxylation is 1. The maximum absolute atomic E-state index is 13.5. The summed E-state index contributed by atoms with van der Waals surface area (Å²) in [7, 11) is 0. The molecule has 0 unspecified atom stereocenters. The van der Waals surface area contributed by atoms with Gasteiger partial charge in [0.15, 0.2) is 0 Å². The smallest absolute Gasteiger partial charge is 0.338 e. The standard InChI is InChI=1S/C24H25FN2O3/c1-26-22-15-17(3-5-21(22)25)6-8-24(29)9-12-27(13-10-24)11-7-18-2-4-20-19(14-18)16-30-23(20)28/h2-5,14-15,29H,6-13,16H2. The van der Waals surface area contributed by atoms with Gasteiger partial charge in [-0.15, -0.1) is 0 Å². The number of cyclic esters (lactones) is 1. The molecule has 1 saturated heterocycles. The average Bonchev–Trinajstić information content (AvgIpc) is 3.13. The van der Waals surface area contributed by atoms with E-state index < -0.39 is 11.4 Å². The van der Waals surface area contributed by atoms with Crippen molar-refractivity contribution in [2.45, 2.75) is 44.3 Å². The Labute approximate surface area is 175 Å². The molecule has 2 aliphatic heterocycles. The zero-order chi connectivity index (χ0) is 21.1. The Morgan fingerprint density at radius 2 is 1.87 bits per heavy atom. The van der Waals surface area contributed by atoms with Crippen LogP contribution in [0.1, 0.15) is 46.3 Å². The third-order valence-electron chi connectivity index (χ3n) is 6.26. The van der Waals surface area contributed by atoms with E-state index in [1.54, 1.807) is 12.1 Å². The third kappa shape index (κ3) is 4.53. The van der Waals surface area contributed by atoms with E-state index in [4.69, 9.17) is 11.3 Å². The lowest BCUT2D eigenvalue weighted by atomic mass is 9.85. The Kier molecular flexibility index (Phi) is 5.85. The molecule has 2 aromatic carbocycles. The van der Waals surface area contributed by atoms with Gasteiger partial charge in [-0.25, -0.2) is 14.0 Å². The first-order valence-corrected chi connectivity index (χ1v) is 10.4. The summed E-state index contributed by atoms with van der Waals surface area (Å²) in [5.74, 6) is -0.735. The number of rotatable bonds is 6. The number of nitrogens with zero attached hydrogens (tertiary/aromatic N) is 2. The first kappa shape index (κ1) is 20.5. The summed E-state index contributed by atoms with van der Waals surface area (Å²) in [5, 5.41) is 10.9. The molecule has 0 amide bonds. The first-order valence-electron chi connectivity index (χ1n) is 10.4. The van der Waals surface area contributed by atoms with Crippen molar-refractivity contribution >= 4 is 11.7 Å². The molecule has 1 fully saturated rings. The molecule has 2 aromatic rings. The molecule has 4 rings (SSSR count). The zero-order valence-corrected chi connectivity index (χ0v) is 16.9. The van der Waals surface area contributed by atoms with Gasteiger partial charge in [0.1, 0.15) is 12.4 Å². The summed E-state index contributed by atoms with van der Waals surface area (Å²) in [6.45, 7) is 9.97. The van der Waals surface area contributed by atoms with E-state index in [1.807, 2.05) is 12.1 Å². The number of aliphatic hydroxyl groups is 1. The second-order valence-corrected chi connectivity index (χ2v) is 8.28. The zero-order valence-electron chi connectivity index (χ0n) is 16.9. The van der Waals surface area contributed by atoms with Crippen molar-refractivity contribution in [2.75, 3.05) is 19.6 Å². The number of esters is 1. The van der Waals surface area contributed by atoms with Crippen molar-refractivity contribution in [1.29, 1.82) is 0 Å². The largest absolute Gasteiger partial charge is 0.457 e. The lowest BCUT2D eigenvalue weighted by Crippen LogP contribution is -2.45. The molecule has 2 aliphatic rings. The van der Waals surface area contributed by atoms with Gasteiger partial charge in [-0.05, 0) is 49.8 Å². The van der Waals surface area contributed by atoms with Gasteiger partial charge in [-0.1, -0.05) is 29.8 Å². The Morgan fingerprint density at radius 3 is 2.63 bits per heavy atom. The lowest BCUT2D eigenvalue weighted by molar-refractivity contribution is -0.0269. The SMILES string of the molecule is [C-]#[N+]c1cc(CCC2(O)CCN(CCc3ccc4c(c3)COC4=O)CC2)ccc1F. The molecule has 0 spiro atoms. The van der Waals surface area contributed by atoms with Crippen LogP contribution in [0.4, 0.5) is 10.1 Å². The maximum atomic E-state index is 13.5. The molecular formula is C24H25FN2O3. The van der Waals surface area contributed by atoms with Crippen LogP contribution in [-0.2, 0) is 24.2 Å². The Hall–Kier alpha value is -2.75. The van der Waals surface area contributed by atoms with Crippen molar-refractivity contribution in [3.8, 4) is 0 Å². The minimum absolute atomic E-state index is 0.0387. The molecule has 0 aliphatic carbocycles. The van der Waals surface area contributed by atoms with Crippen molar-refractivity contribution in [2.24, 2.45) is 0 Å². The van der Waals surface area contributed by atoms with E-state index in [-0.39, 0.29) is 11.7 Å². The van der Waals surface area contributed by atoms with Crippen molar-refractivity contribution in [1.82, 2.24) is 4.90 Å².